The number of primary amides is 1. The van der Waals surface area contributed by atoms with Crippen molar-refractivity contribution in [1.82, 2.24) is 10.5 Å². The number of hydrogen-bond donors (Lipinski definition) is 3. The number of hydroxylamine groups is 1. The van der Waals surface area contributed by atoms with Crippen molar-refractivity contribution in [3.05, 3.63) is 11.1 Å². The Bertz CT molecular complexity index is 422. The van der Waals surface area contributed by atoms with Gasteiger partial charge in [0, 0.05) is 5.38 Å². The van der Waals surface area contributed by atoms with Crippen LogP contribution in [0.15, 0.2) is 5.38 Å². The fourth-order valence-corrected chi connectivity index (χ4v) is 1.42. The highest BCUT2D eigenvalue weighted by Crippen LogP contribution is 2.31. The third-order valence-corrected chi connectivity index (χ3v) is 2.10. The van der Waals surface area contributed by atoms with Crippen LogP contribution in [0, 0.1) is 0 Å². The van der Waals surface area contributed by atoms with Crippen LogP contribution in [0.1, 0.15) is 5.69 Å². The summed E-state index contributed by atoms with van der Waals surface area (Å²) in [5, 5.41) is 8.45. The van der Waals surface area contributed by atoms with Gasteiger partial charge in [0.25, 0.3) is 5.19 Å². The fourth-order valence-electron chi connectivity index (χ4n) is 0.721. The summed E-state index contributed by atoms with van der Waals surface area (Å²) < 4.78 is 30.4. The van der Waals surface area contributed by atoms with E-state index < -0.39 is 28.8 Å². The summed E-state index contributed by atoms with van der Waals surface area (Å²) >= 11 is 0.557. The number of ether oxygens (including phenoxy) is 1. The van der Waals surface area contributed by atoms with Crippen LogP contribution in [0.2, 0.25) is 0 Å². The zero-order valence-electron chi connectivity index (χ0n) is 7.44. The van der Waals surface area contributed by atoms with Crippen LogP contribution in [0.3, 0.4) is 0 Å². The molecule has 4 N–H and O–H groups in total. The number of nitrogens with one attached hydrogen (secondary N) is 1. The highest BCUT2D eigenvalue weighted by Gasteiger charge is 2.43. The number of thiazole rings is 1. The number of hydrogen-bond acceptors (Lipinski definition) is 6. The van der Waals surface area contributed by atoms with Crippen molar-refractivity contribution in [2.75, 3.05) is 0 Å². The number of alkyl halides is 2. The van der Waals surface area contributed by atoms with Gasteiger partial charge in [-0.2, -0.15) is 8.78 Å². The Morgan fingerprint density at radius 3 is 2.75 bits per heavy atom. The van der Waals surface area contributed by atoms with E-state index in [4.69, 9.17) is 5.21 Å². The zero-order valence-corrected chi connectivity index (χ0v) is 8.25. The zero-order chi connectivity index (χ0) is 12.3. The maximum absolute atomic E-state index is 13.1. The fraction of sp³-hybridized carbons (Fsp3) is 0.167. The second-order valence-electron chi connectivity index (χ2n) is 2.44. The van der Waals surface area contributed by atoms with E-state index >= 15 is 0 Å². The molecular formula is C6H5F2N3O4S. The topological polar surface area (TPSA) is 115 Å². The van der Waals surface area contributed by atoms with Gasteiger partial charge in [-0.1, -0.05) is 11.3 Å². The number of aromatic nitrogens is 1. The molecule has 0 bridgehead atoms. The molecule has 0 saturated heterocycles. The van der Waals surface area contributed by atoms with Crippen LogP contribution >= 0.6 is 11.3 Å². The van der Waals surface area contributed by atoms with Crippen molar-refractivity contribution < 1.29 is 28.3 Å². The normalized spacial score (nSPS) is 10.9. The molecule has 0 aliphatic carbocycles. The van der Waals surface area contributed by atoms with Gasteiger partial charge in [-0.3, -0.25) is 10.0 Å². The predicted octanol–water partition coefficient (Wildman–Crippen LogP) is 0.198. The summed E-state index contributed by atoms with van der Waals surface area (Å²) in [5.41, 5.74) is 4.47. The third-order valence-electron chi connectivity index (χ3n) is 1.38. The standard InChI is InChI=1S/C6H5F2N3O4S/c7-6(8,3(12)11-14)2-1-16-5(10-2)15-4(9)13/h1,14H,(H2,9,13)(H,11,12). The molecule has 10 heteroatoms. The lowest BCUT2D eigenvalue weighted by Gasteiger charge is -2.09. The van der Waals surface area contributed by atoms with Crippen LogP contribution in [0.4, 0.5) is 13.6 Å². The Kier molecular flexibility index (Phi) is 3.34. The highest BCUT2D eigenvalue weighted by atomic mass is 32.1. The Labute approximate surface area is 90.8 Å². The summed E-state index contributed by atoms with van der Waals surface area (Å²) in [5.74, 6) is -5.96. The van der Waals surface area contributed by atoms with E-state index in [2.05, 4.69) is 15.5 Å². The first kappa shape index (κ1) is 12.3. The molecule has 0 saturated carbocycles. The lowest BCUT2D eigenvalue weighted by molar-refractivity contribution is -0.156. The molecule has 0 atom stereocenters. The van der Waals surface area contributed by atoms with Crippen LogP contribution in [-0.4, -0.2) is 22.2 Å². The molecule has 1 heterocycles. The number of nitrogens with zero attached hydrogens (tertiary/aromatic N) is 1. The number of halogens is 2. The number of rotatable bonds is 3. The van der Waals surface area contributed by atoms with Gasteiger partial charge in [-0.05, 0) is 0 Å². The summed E-state index contributed by atoms with van der Waals surface area (Å²) in [6, 6.07) is 0. The Hall–Kier alpha value is -1.81. The second kappa shape index (κ2) is 4.37. The minimum atomic E-state index is -4.02. The molecule has 0 unspecified atom stereocenters. The first-order valence-electron chi connectivity index (χ1n) is 3.63. The van der Waals surface area contributed by atoms with Crippen LogP contribution in [0.25, 0.3) is 0 Å². The maximum Gasteiger partial charge on any atom is 0.411 e. The van der Waals surface area contributed by atoms with E-state index in [1.54, 1.807) is 0 Å². The molecule has 1 rings (SSSR count). The maximum atomic E-state index is 13.1. The van der Waals surface area contributed by atoms with E-state index in [-0.39, 0.29) is 0 Å². The van der Waals surface area contributed by atoms with Gasteiger partial charge in [0.05, 0.1) is 0 Å². The van der Waals surface area contributed by atoms with E-state index in [9.17, 15) is 18.4 Å². The first-order chi connectivity index (χ1) is 7.37. The van der Waals surface area contributed by atoms with Gasteiger partial charge in [0.15, 0.2) is 0 Å². The summed E-state index contributed by atoms with van der Waals surface area (Å²) in [6.07, 6.45) is -1.21. The molecule has 7 nitrogen and oxygen atoms in total. The largest absolute Gasteiger partial charge is 0.411 e. The van der Waals surface area contributed by atoms with Gasteiger partial charge in [0.2, 0.25) is 0 Å². The van der Waals surface area contributed by atoms with Crippen LogP contribution < -0.4 is 16.0 Å². The molecule has 1 aromatic heterocycles. The number of carbonyl (C=O) groups is 2. The van der Waals surface area contributed by atoms with Crippen LogP contribution in [-0.2, 0) is 10.7 Å². The van der Waals surface area contributed by atoms with Crippen molar-refractivity contribution in [3.8, 4) is 5.19 Å². The van der Waals surface area contributed by atoms with Gasteiger partial charge < -0.3 is 10.5 Å². The summed E-state index contributed by atoms with van der Waals surface area (Å²) in [6.45, 7) is 0. The highest BCUT2D eigenvalue weighted by molar-refractivity contribution is 7.11. The molecule has 0 aromatic carbocycles. The minimum absolute atomic E-state index is 0.423. The molecule has 2 amide bonds. The van der Waals surface area contributed by atoms with Crippen LogP contribution in [0.5, 0.6) is 5.19 Å². The number of nitrogens with two attached hydrogens (primary N) is 1. The van der Waals surface area contributed by atoms with E-state index in [1.165, 1.54) is 0 Å². The van der Waals surface area contributed by atoms with Gasteiger partial charge in [-0.25, -0.2) is 15.3 Å². The molecule has 88 valence electrons. The molecule has 0 aliphatic rings. The number of amides is 2. The second-order valence-corrected chi connectivity index (χ2v) is 3.26. The quantitative estimate of drug-likeness (QED) is 0.525. The Morgan fingerprint density at radius 2 is 2.25 bits per heavy atom. The van der Waals surface area contributed by atoms with Crippen molar-refractivity contribution in [2.24, 2.45) is 5.73 Å². The van der Waals surface area contributed by atoms with Crippen molar-refractivity contribution in [1.29, 1.82) is 0 Å². The average molecular weight is 253 g/mol. The average Bonchev–Trinajstić information content (AvgIpc) is 2.64. The lowest BCUT2D eigenvalue weighted by atomic mass is 10.2. The van der Waals surface area contributed by atoms with Gasteiger partial charge >= 0.3 is 17.9 Å². The molecule has 16 heavy (non-hydrogen) atoms. The molecule has 0 fully saturated rings. The first-order valence-corrected chi connectivity index (χ1v) is 4.51. The third kappa shape index (κ3) is 2.41. The van der Waals surface area contributed by atoms with E-state index in [1.807, 2.05) is 0 Å². The van der Waals surface area contributed by atoms with Crippen molar-refractivity contribution >= 4 is 23.3 Å². The van der Waals surface area contributed by atoms with Gasteiger partial charge in [-0.15, -0.1) is 0 Å². The molecular weight excluding hydrogens is 248 g/mol. The SMILES string of the molecule is NC(=O)Oc1nc(C(F)(F)C(=O)NO)cs1. The van der Waals surface area contributed by atoms with E-state index in [0.717, 1.165) is 10.9 Å². The lowest BCUT2D eigenvalue weighted by Crippen LogP contribution is -2.36. The number of carbonyl (C=O) groups excluding carboxylic acids is 2. The van der Waals surface area contributed by atoms with Crippen molar-refractivity contribution in [3.63, 3.8) is 0 Å². The minimum Gasteiger partial charge on any atom is -0.381 e. The molecule has 0 radical (unpaired) electrons. The summed E-state index contributed by atoms with van der Waals surface area (Å²) in [7, 11) is 0. The van der Waals surface area contributed by atoms with E-state index in [0.29, 0.717) is 11.3 Å². The Morgan fingerprint density at radius 1 is 1.62 bits per heavy atom. The smallest absolute Gasteiger partial charge is 0.381 e. The monoisotopic (exact) mass is 253 g/mol. The molecule has 0 spiro atoms. The summed E-state index contributed by atoms with van der Waals surface area (Å²) in [4.78, 5) is 24.0. The molecule has 0 aliphatic heterocycles. The van der Waals surface area contributed by atoms with Crippen molar-refractivity contribution in [2.45, 2.75) is 5.92 Å². The predicted molar refractivity (Wildman–Crippen MR) is 46.1 cm³/mol. The Balaban J connectivity index is 2.92. The molecule has 1 aromatic rings. The van der Waals surface area contributed by atoms with Gasteiger partial charge in [0.1, 0.15) is 5.69 Å².